The number of aryl methyl sites for hydroxylation is 2. The van der Waals surface area contributed by atoms with Crippen molar-refractivity contribution in [2.75, 3.05) is 88.5 Å². The number of fused-ring (bicyclic) bond motifs is 4. The van der Waals surface area contributed by atoms with Crippen molar-refractivity contribution in [3.63, 3.8) is 0 Å². The van der Waals surface area contributed by atoms with Gasteiger partial charge in [-0.3, -0.25) is 19.4 Å². The number of piperazine rings is 2. The molecule has 0 spiro atoms. The second-order valence-corrected chi connectivity index (χ2v) is 17.5. The van der Waals surface area contributed by atoms with E-state index in [1.807, 2.05) is 24.3 Å². The van der Waals surface area contributed by atoms with Crippen LogP contribution in [0.3, 0.4) is 0 Å². The van der Waals surface area contributed by atoms with Crippen molar-refractivity contribution in [3.8, 4) is 11.8 Å². The van der Waals surface area contributed by atoms with E-state index in [1.165, 1.54) is 68.5 Å². The highest BCUT2D eigenvalue weighted by Crippen LogP contribution is 2.33. The second-order valence-electron chi connectivity index (χ2n) is 17.5. The summed E-state index contributed by atoms with van der Waals surface area (Å²) in [5.74, 6) is 1.14. The van der Waals surface area contributed by atoms with Gasteiger partial charge >= 0.3 is 0 Å². The molecule has 4 aromatic heterocycles. The van der Waals surface area contributed by atoms with Crippen LogP contribution in [0, 0.1) is 0 Å². The normalized spacial score (nSPS) is 16.7. The fourth-order valence-corrected chi connectivity index (χ4v) is 9.79. The lowest BCUT2D eigenvalue weighted by molar-refractivity contribution is 0.236. The van der Waals surface area contributed by atoms with Gasteiger partial charge in [-0.2, -0.15) is 9.97 Å². The number of nitrogens with zero attached hydrogens (tertiary/aromatic N) is 6. The maximum Gasteiger partial charge on any atom is 0.249 e. The largest absolute Gasteiger partial charge is 0.478 e. The van der Waals surface area contributed by atoms with Crippen LogP contribution in [-0.4, -0.2) is 108 Å². The van der Waals surface area contributed by atoms with Crippen LogP contribution in [0.25, 0.3) is 22.1 Å². The Kier molecular flexibility index (Phi) is 13.9. The van der Waals surface area contributed by atoms with E-state index in [1.54, 1.807) is 34.4 Å². The molecule has 10 rings (SSSR count). The zero-order valence-corrected chi connectivity index (χ0v) is 36.7. The molecule has 0 saturated carbocycles. The SMILES string of the molecule is O=c1ccc2ccc(OCCCCN3CCN(c4cccc5c4CCC5)CC3)nc2[nH]1.O=c1ccc2ccc(OCCCCN3CCN(c4cccc5c4CCCC5)CC3)nc2[nH]1. The maximum absolute atomic E-state index is 11.5. The van der Waals surface area contributed by atoms with Crippen molar-refractivity contribution in [2.45, 2.75) is 70.6 Å². The first kappa shape index (κ1) is 42.6. The van der Waals surface area contributed by atoms with E-state index in [9.17, 15) is 9.59 Å². The molecule has 0 bridgehead atoms. The van der Waals surface area contributed by atoms with Gasteiger partial charge in [-0.05, 0) is 142 Å². The molecule has 6 heterocycles. The molecule has 2 aromatic carbocycles. The average molecular weight is 851 g/mol. The average Bonchev–Trinajstić information content (AvgIpc) is 3.81. The molecule has 2 aliphatic heterocycles. The first-order chi connectivity index (χ1) is 31.0. The topological polar surface area (TPSA) is 123 Å². The monoisotopic (exact) mass is 850 g/mol. The van der Waals surface area contributed by atoms with Crippen LogP contribution < -0.4 is 30.4 Å². The van der Waals surface area contributed by atoms with E-state index < -0.39 is 0 Å². The van der Waals surface area contributed by atoms with Crippen molar-refractivity contribution in [2.24, 2.45) is 0 Å². The molecule has 2 saturated heterocycles. The number of H-pyrrole nitrogens is 2. The summed E-state index contributed by atoms with van der Waals surface area (Å²) >= 11 is 0. The van der Waals surface area contributed by atoms with Crippen molar-refractivity contribution in [3.05, 3.63) is 128 Å². The van der Waals surface area contributed by atoms with Gasteiger partial charge < -0.3 is 29.2 Å². The van der Waals surface area contributed by atoms with Gasteiger partial charge in [0.15, 0.2) is 0 Å². The molecule has 0 unspecified atom stereocenters. The van der Waals surface area contributed by atoms with Crippen LogP contribution in [-0.2, 0) is 25.7 Å². The van der Waals surface area contributed by atoms with Gasteiger partial charge in [-0.25, -0.2) is 0 Å². The first-order valence-electron chi connectivity index (χ1n) is 23.4. The van der Waals surface area contributed by atoms with E-state index in [4.69, 9.17) is 9.47 Å². The maximum atomic E-state index is 11.5. The highest BCUT2D eigenvalue weighted by atomic mass is 16.5. The summed E-state index contributed by atoms with van der Waals surface area (Å²) in [6.45, 7) is 12.5. The summed E-state index contributed by atoms with van der Waals surface area (Å²) in [6.07, 6.45) is 13.2. The van der Waals surface area contributed by atoms with E-state index in [-0.39, 0.29) is 11.1 Å². The molecule has 0 amide bonds. The summed E-state index contributed by atoms with van der Waals surface area (Å²) in [5.41, 5.74) is 10.2. The summed E-state index contributed by atoms with van der Waals surface area (Å²) in [5, 5.41) is 1.82. The molecule has 330 valence electrons. The van der Waals surface area contributed by atoms with Crippen LogP contribution in [0.4, 0.5) is 11.4 Å². The van der Waals surface area contributed by atoms with Crippen LogP contribution in [0.2, 0.25) is 0 Å². The Balaban J connectivity index is 0.000000160. The Bertz CT molecular complexity index is 2580. The van der Waals surface area contributed by atoms with Gasteiger partial charge in [0, 0.05) is 98.8 Å². The standard InChI is InChI=1S/C26H32N4O2.C25H30N4O2/c31-24-12-10-21-11-13-25(28-26(21)27-24)32-19-4-3-14-29-15-17-30(18-16-29)23-9-5-7-20-6-1-2-8-22(20)23;30-23-11-9-20-10-12-24(27-25(20)26-23)31-18-2-1-13-28-14-16-29(17-15-28)22-8-4-6-19-5-3-7-21(19)22/h5,7,9-13H,1-4,6,8,14-19H2,(H,27,28,31);4,6,8-12H,1-3,5,7,13-18H2,(H,26,27,30). The van der Waals surface area contributed by atoms with Gasteiger partial charge in [0.05, 0.1) is 13.2 Å². The molecule has 2 N–H and O–H groups in total. The quantitative estimate of drug-likeness (QED) is 0.109. The molecule has 6 aromatic rings. The zero-order chi connectivity index (χ0) is 42.8. The number of hydrogen-bond acceptors (Lipinski definition) is 10. The van der Waals surface area contributed by atoms with E-state index in [0.717, 1.165) is 102 Å². The van der Waals surface area contributed by atoms with Gasteiger partial charge in [0.25, 0.3) is 0 Å². The Hall–Kier alpha value is -5.72. The molecule has 0 radical (unpaired) electrons. The number of rotatable bonds is 14. The second kappa shape index (κ2) is 20.6. The summed E-state index contributed by atoms with van der Waals surface area (Å²) in [7, 11) is 0. The number of hydrogen-bond donors (Lipinski definition) is 2. The molecule has 63 heavy (non-hydrogen) atoms. The van der Waals surface area contributed by atoms with Crippen molar-refractivity contribution < 1.29 is 9.47 Å². The molecule has 2 aliphatic carbocycles. The summed E-state index contributed by atoms with van der Waals surface area (Å²) < 4.78 is 11.6. The summed E-state index contributed by atoms with van der Waals surface area (Å²) in [4.78, 5) is 47.5. The number of nitrogens with one attached hydrogen (secondary N) is 2. The smallest absolute Gasteiger partial charge is 0.249 e. The van der Waals surface area contributed by atoms with Gasteiger partial charge in [0.1, 0.15) is 11.3 Å². The minimum Gasteiger partial charge on any atom is -0.478 e. The van der Waals surface area contributed by atoms with Gasteiger partial charge in [-0.15, -0.1) is 0 Å². The third kappa shape index (κ3) is 10.9. The van der Waals surface area contributed by atoms with E-state index in [0.29, 0.717) is 36.3 Å². The predicted molar refractivity (Wildman–Crippen MR) is 253 cm³/mol. The molecule has 12 nitrogen and oxygen atoms in total. The first-order valence-corrected chi connectivity index (χ1v) is 23.4. The molecular weight excluding hydrogens is 789 g/mol. The molecule has 12 heteroatoms. The molecular formula is C51H62N8O4. The van der Waals surface area contributed by atoms with Gasteiger partial charge in [0.2, 0.25) is 22.9 Å². The fourth-order valence-electron chi connectivity index (χ4n) is 9.79. The number of aromatic nitrogens is 4. The minimum absolute atomic E-state index is 0.144. The van der Waals surface area contributed by atoms with Crippen molar-refractivity contribution in [1.29, 1.82) is 0 Å². The van der Waals surface area contributed by atoms with Gasteiger partial charge in [-0.1, -0.05) is 24.3 Å². The highest BCUT2D eigenvalue weighted by molar-refractivity contribution is 5.75. The third-order valence-electron chi connectivity index (χ3n) is 13.3. The van der Waals surface area contributed by atoms with Crippen LogP contribution >= 0.6 is 0 Å². The lowest BCUT2D eigenvalue weighted by Crippen LogP contribution is -2.47. The number of pyridine rings is 4. The Labute approximate surface area is 370 Å². The zero-order valence-electron chi connectivity index (χ0n) is 36.7. The number of aromatic amines is 2. The molecule has 4 aliphatic rings. The lowest BCUT2D eigenvalue weighted by Gasteiger charge is -2.38. The number of ether oxygens (including phenoxy) is 2. The number of benzene rings is 2. The third-order valence-corrected chi connectivity index (χ3v) is 13.3. The molecule has 2 fully saturated rings. The Morgan fingerprint density at radius 1 is 0.476 bits per heavy atom. The van der Waals surface area contributed by atoms with E-state index in [2.05, 4.69) is 75.9 Å². The fraction of sp³-hybridized carbons (Fsp3) is 0.451. The number of anilines is 2. The number of unbranched alkanes of at least 4 members (excludes halogenated alkanes) is 2. The Morgan fingerprint density at radius 3 is 1.43 bits per heavy atom. The van der Waals surface area contributed by atoms with Crippen molar-refractivity contribution >= 4 is 33.4 Å². The predicted octanol–water partition coefficient (Wildman–Crippen LogP) is 7.18. The minimum atomic E-state index is -0.145. The summed E-state index contributed by atoms with van der Waals surface area (Å²) in [6, 6.07) is 27.9. The lowest BCUT2D eigenvalue weighted by atomic mass is 9.90. The van der Waals surface area contributed by atoms with Crippen molar-refractivity contribution in [1.82, 2.24) is 29.7 Å². The van der Waals surface area contributed by atoms with E-state index >= 15 is 0 Å². The Morgan fingerprint density at radius 2 is 0.921 bits per heavy atom. The van der Waals surface area contributed by atoms with Crippen LogP contribution in [0.5, 0.6) is 11.8 Å². The van der Waals surface area contributed by atoms with Crippen LogP contribution in [0.1, 0.15) is 67.2 Å². The molecule has 0 atom stereocenters. The van der Waals surface area contributed by atoms with Crippen LogP contribution in [0.15, 0.2) is 94.5 Å². The highest BCUT2D eigenvalue weighted by Gasteiger charge is 2.23.